The second kappa shape index (κ2) is 8.34. The molecule has 6 heteroatoms. The van der Waals surface area contributed by atoms with Crippen molar-refractivity contribution in [2.75, 3.05) is 6.61 Å². The number of amides is 1. The van der Waals surface area contributed by atoms with Crippen molar-refractivity contribution < 1.29 is 14.6 Å². The first-order chi connectivity index (χ1) is 11.7. The molecule has 0 aromatic heterocycles. The van der Waals surface area contributed by atoms with Crippen molar-refractivity contribution in [2.24, 2.45) is 5.10 Å². The molecule has 0 aliphatic carbocycles. The standard InChI is InChI=1S/C18H17N3O3/c1-2-24-17-10-13(8-9-16(17)22)12-20-21-18(23)15(11-19)14-6-4-3-5-7-14/h3-10,12,15,22H,2H2,1H3,(H,21,23)/b20-12-/t15-/m1/s1. The van der Waals surface area contributed by atoms with Gasteiger partial charge in [-0.25, -0.2) is 5.43 Å². The van der Waals surface area contributed by atoms with E-state index in [4.69, 9.17) is 4.74 Å². The number of ether oxygens (including phenoxy) is 1. The number of rotatable bonds is 6. The average Bonchev–Trinajstić information content (AvgIpc) is 2.59. The lowest BCUT2D eigenvalue weighted by molar-refractivity contribution is -0.121. The monoisotopic (exact) mass is 323 g/mol. The molecule has 2 aromatic carbocycles. The zero-order valence-electron chi connectivity index (χ0n) is 13.1. The van der Waals surface area contributed by atoms with E-state index in [2.05, 4.69) is 10.5 Å². The third kappa shape index (κ3) is 4.34. The predicted molar refractivity (Wildman–Crippen MR) is 89.8 cm³/mol. The van der Waals surface area contributed by atoms with Crippen LogP contribution in [0, 0.1) is 11.3 Å². The Balaban J connectivity index is 2.04. The van der Waals surface area contributed by atoms with Crippen LogP contribution in [0.2, 0.25) is 0 Å². The van der Waals surface area contributed by atoms with Crippen LogP contribution >= 0.6 is 0 Å². The van der Waals surface area contributed by atoms with Gasteiger partial charge < -0.3 is 9.84 Å². The molecule has 2 N–H and O–H groups in total. The first kappa shape index (κ1) is 17.0. The number of nitrogens with one attached hydrogen (secondary N) is 1. The molecule has 2 rings (SSSR count). The summed E-state index contributed by atoms with van der Waals surface area (Å²) in [5, 5.41) is 22.7. The van der Waals surface area contributed by atoms with Crippen LogP contribution in [-0.2, 0) is 4.79 Å². The number of hydrogen-bond donors (Lipinski definition) is 2. The SMILES string of the molecule is CCOc1cc(/C=N\NC(=O)[C@H](C#N)c2ccccc2)ccc1O. The van der Waals surface area contributed by atoms with Crippen molar-refractivity contribution in [3.05, 3.63) is 59.7 Å². The van der Waals surface area contributed by atoms with E-state index in [1.165, 1.54) is 12.3 Å². The zero-order chi connectivity index (χ0) is 17.4. The summed E-state index contributed by atoms with van der Waals surface area (Å²) in [6.07, 6.45) is 1.42. The summed E-state index contributed by atoms with van der Waals surface area (Å²) in [6, 6.07) is 15.5. The smallest absolute Gasteiger partial charge is 0.261 e. The molecule has 0 aliphatic rings. The Kier molecular flexibility index (Phi) is 5.92. The highest BCUT2D eigenvalue weighted by atomic mass is 16.5. The number of phenolic OH excluding ortho intramolecular Hbond substituents is 1. The number of aromatic hydroxyl groups is 1. The summed E-state index contributed by atoms with van der Waals surface area (Å²) in [5.74, 6) is -1.07. The summed E-state index contributed by atoms with van der Waals surface area (Å²) in [7, 11) is 0. The van der Waals surface area contributed by atoms with Crippen molar-refractivity contribution in [3.63, 3.8) is 0 Å². The number of carbonyl (C=O) groups is 1. The minimum absolute atomic E-state index is 0.0339. The van der Waals surface area contributed by atoms with Crippen LogP contribution < -0.4 is 10.2 Å². The van der Waals surface area contributed by atoms with Crippen molar-refractivity contribution >= 4 is 12.1 Å². The first-order valence-electron chi connectivity index (χ1n) is 7.39. The van der Waals surface area contributed by atoms with E-state index in [1.807, 2.05) is 19.1 Å². The van der Waals surface area contributed by atoms with Gasteiger partial charge in [0.1, 0.15) is 0 Å². The molecular formula is C18H17N3O3. The van der Waals surface area contributed by atoms with Gasteiger partial charge in [0.05, 0.1) is 18.9 Å². The van der Waals surface area contributed by atoms with E-state index < -0.39 is 11.8 Å². The van der Waals surface area contributed by atoms with Crippen molar-refractivity contribution in [3.8, 4) is 17.6 Å². The molecule has 0 spiro atoms. The normalized spacial score (nSPS) is 11.7. The average molecular weight is 323 g/mol. The van der Waals surface area contributed by atoms with Crippen LogP contribution in [0.25, 0.3) is 0 Å². The summed E-state index contributed by atoms with van der Waals surface area (Å²) in [5.41, 5.74) is 3.60. The Labute approximate surface area is 140 Å². The van der Waals surface area contributed by atoms with E-state index in [-0.39, 0.29) is 5.75 Å². The molecule has 1 atom stereocenters. The predicted octanol–water partition coefficient (Wildman–Crippen LogP) is 2.55. The lowest BCUT2D eigenvalue weighted by Gasteiger charge is -2.07. The molecule has 0 bridgehead atoms. The molecule has 0 saturated heterocycles. The van der Waals surface area contributed by atoms with Crippen LogP contribution in [0.15, 0.2) is 53.6 Å². The molecule has 0 heterocycles. The highest BCUT2D eigenvalue weighted by Gasteiger charge is 2.19. The van der Waals surface area contributed by atoms with Gasteiger partial charge in [-0.2, -0.15) is 10.4 Å². The Bertz CT molecular complexity index is 767. The lowest BCUT2D eigenvalue weighted by atomic mass is 10.0. The van der Waals surface area contributed by atoms with Gasteiger partial charge in [0.2, 0.25) is 0 Å². The van der Waals surface area contributed by atoms with Gasteiger partial charge in [-0.1, -0.05) is 30.3 Å². The quantitative estimate of drug-likeness (QED) is 0.631. The van der Waals surface area contributed by atoms with Crippen LogP contribution in [0.5, 0.6) is 11.5 Å². The number of nitriles is 1. The van der Waals surface area contributed by atoms with Gasteiger partial charge >= 0.3 is 0 Å². The Hall–Kier alpha value is -3.33. The fourth-order valence-corrected chi connectivity index (χ4v) is 2.05. The summed E-state index contributed by atoms with van der Waals surface area (Å²) in [4.78, 5) is 12.1. The highest BCUT2D eigenvalue weighted by molar-refractivity contribution is 5.88. The number of hydrazone groups is 1. The Morgan fingerprint density at radius 1 is 1.38 bits per heavy atom. The maximum absolute atomic E-state index is 12.1. The van der Waals surface area contributed by atoms with Gasteiger partial charge in [0, 0.05) is 0 Å². The van der Waals surface area contributed by atoms with Gasteiger partial charge in [-0.3, -0.25) is 4.79 Å². The van der Waals surface area contributed by atoms with Crippen LogP contribution in [0.4, 0.5) is 0 Å². The van der Waals surface area contributed by atoms with Gasteiger partial charge in [-0.15, -0.1) is 0 Å². The molecule has 6 nitrogen and oxygen atoms in total. The largest absolute Gasteiger partial charge is 0.504 e. The second-order valence-corrected chi connectivity index (χ2v) is 4.87. The van der Waals surface area contributed by atoms with Crippen LogP contribution in [0.3, 0.4) is 0 Å². The lowest BCUT2D eigenvalue weighted by Crippen LogP contribution is -2.24. The summed E-state index contributed by atoms with van der Waals surface area (Å²) >= 11 is 0. The van der Waals surface area contributed by atoms with Crippen molar-refractivity contribution in [1.29, 1.82) is 5.26 Å². The minimum Gasteiger partial charge on any atom is -0.504 e. The number of hydrogen-bond acceptors (Lipinski definition) is 5. The molecule has 0 radical (unpaired) electrons. The van der Waals surface area contributed by atoms with E-state index >= 15 is 0 Å². The topological polar surface area (TPSA) is 94.7 Å². The molecular weight excluding hydrogens is 306 g/mol. The van der Waals surface area contributed by atoms with Crippen molar-refractivity contribution in [2.45, 2.75) is 12.8 Å². The number of benzene rings is 2. The van der Waals surface area contributed by atoms with Gasteiger partial charge in [-0.05, 0) is 36.2 Å². The fourth-order valence-electron chi connectivity index (χ4n) is 2.05. The first-order valence-corrected chi connectivity index (χ1v) is 7.39. The Morgan fingerprint density at radius 3 is 2.79 bits per heavy atom. The van der Waals surface area contributed by atoms with Gasteiger partial charge in [0.25, 0.3) is 5.91 Å². The molecule has 0 saturated carbocycles. The minimum atomic E-state index is -0.929. The number of nitrogens with zero attached hydrogens (tertiary/aromatic N) is 2. The summed E-state index contributed by atoms with van der Waals surface area (Å²) < 4.78 is 5.28. The van der Waals surface area contributed by atoms with Crippen molar-refractivity contribution in [1.82, 2.24) is 5.43 Å². The molecule has 122 valence electrons. The number of phenols is 1. The maximum atomic E-state index is 12.1. The van der Waals surface area contributed by atoms with E-state index in [1.54, 1.807) is 36.4 Å². The zero-order valence-corrected chi connectivity index (χ0v) is 13.1. The summed E-state index contributed by atoms with van der Waals surface area (Å²) in [6.45, 7) is 2.23. The van der Waals surface area contributed by atoms with E-state index in [0.29, 0.717) is 23.5 Å². The molecule has 0 unspecified atom stereocenters. The van der Waals surface area contributed by atoms with Crippen LogP contribution in [0.1, 0.15) is 24.0 Å². The van der Waals surface area contributed by atoms with Crippen LogP contribution in [-0.4, -0.2) is 23.8 Å². The molecule has 0 aliphatic heterocycles. The molecule has 2 aromatic rings. The maximum Gasteiger partial charge on any atom is 0.261 e. The molecule has 1 amide bonds. The number of carbonyl (C=O) groups excluding carboxylic acids is 1. The molecule has 24 heavy (non-hydrogen) atoms. The third-order valence-corrected chi connectivity index (χ3v) is 3.20. The second-order valence-electron chi connectivity index (χ2n) is 4.87. The van der Waals surface area contributed by atoms with Gasteiger partial charge in [0.15, 0.2) is 17.4 Å². The third-order valence-electron chi connectivity index (χ3n) is 3.20. The molecule has 0 fully saturated rings. The Morgan fingerprint density at radius 2 is 2.12 bits per heavy atom. The van der Waals surface area contributed by atoms with E-state index in [0.717, 1.165) is 0 Å². The van der Waals surface area contributed by atoms with E-state index in [9.17, 15) is 15.2 Å². The highest BCUT2D eigenvalue weighted by Crippen LogP contribution is 2.26. The fraction of sp³-hybridized carbons (Fsp3) is 0.167.